The van der Waals surface area contributed by atoms with Crippen LogP contribution in [-0.2, 0) is 24.4 Å². The van der Waals surface area contributed by atoms with Gasteiger partial charge in [-0.25, -0.2) is 0 Å². The minimum Gasteiger partial charge on any atom is -0.493 e. The van der Waals surface area contributed by atoms with Crippen molar-refractivity contribution in [2.75, 3.05) is 20.8 Å². The zero-order valence-corrected chi connectivity index (χ0v) is 21.4. The van der Waals surface area contributed by atoms with Crippen molar-refractivity contribution in [3.8, 4) is 11.5 Å². The Bertz CT molecular complexity index is 1310. The van der Waals surface area contributed by atoms with Gasteiger partial charge in [-0.1, -0.05) is 36.4 Å². The highest BCUT2D eigenvalue weighted by Gasteiger charge is 2.46. The van der Waals surface area contributed by atoms with Gasteiger partial charge in [0, 0.05) is 26.2 Å². The second kappa shape index (κ2) is 10.7. The molecule has 0 saturated heterocycles. The molecule has 2 N–H and O–H groups in total. The van der Waals surface area contributed by atoms with Crippen LogP contribution in [0.25, 0.3) is 0 Å². The average molecular weight is 506 g/mol. The van der Waals surface area contributed by atoms with Gasteiger partial charge in [-0.15, -0.1) is 0 Å². The van der Waals surface area contributed by atoms with Crippen molar-refractivity contribution in [2.24, 2.45) is 0 Å². The lowest BCUT2D eigenvalue weighted by Gasteiger charge is -2.40. The molecule has 3 amide bonds. The maximum atomic E-state index is 13.1. The molecule has 0 radical (unpaired) electrons. The number of carbonyl (C=O) groups is 3. The molecule has 0 spiro atoms. The third-order valence-electron chi connectivity index (χ3n) is 6.50. The minimum atomic E-state index is -1.17. The van der Waals surface area contributed by atoms with Crippen LogP contribution >= 0.6 is 0 Å². The molecule has 1 atom stereocenters. The van der Waals surface area contributed by atoms with E-state index in [1.165, 1.54) is 15.6 Å². The van der Waals surface area contributed by atoms with Crippen LogP contribution in [0, 0.1) is 0 Å². The summed E-state index contributed by atoms with van der Waals surface area (Å²) in [5, 5.41) is 10.1. The lowest BCUT2D eigenvalue weighted by molar-refractivity contribution is -0.132. The largest absolute Gasteiger partial charge is 0.493 e. The van der Waals surface area contributed by atoms with Gasteiger partial charge in [-0.05, 0) is 37.1 Å². The maximum Gasteiger partial charge on any atom is 0.272 e. The molecule has 1 aliphatic rings. The number of hydrogen-bond acceptors (Lipinski definition) is 6. The summed E-state index contributed by atoms with van der Waals surface area (Å²) in [7, 11) is 3.15. The van der Waals surface area contributed by atoms with Gasteiger partial charge < -0.3 is 25.0 Å². The van der Waals surface area contributed by atoms with Gasteiger partial charge in [0.2, 0.25) is 5.91 Å². The van der Waals surface area contributed by atoms with Crippen LogP contribution in [0.1, 0.15) is 46.0 Å². The number of methoxy groups -OCH3 is 1. The fraction of sp³-hybridized carbons (Fsp3) is 0.333. The summed E-state index contributed by atoms with van der Waals surface area (Å²) in [6.45, 7) is 4.75. The Hall–Kier alpha value is -4.34. The third-order valence-corrected chi connectivity index (χ3v) is 6.50. The van der Waals surface area contributed by atoms with E-state index in [-0.39, 0.29) is 36.3 Å². The molecule has 2 aromatic carbocycles. The SMILES string of the molecule is CCOc1cc(CNC(=O)c2cc3n(n2)C[C@](C)(C(=O)NCc2ccccc2)N(C)C3=O)ccc1OC. The lowest BCUT2D eigenvalue weighted by Crippen LogP contribution is -2.62. The van der Waals surface area contributed by atoms with E-state index in [0.29, 0.717) is 24.7 Å². The predicted molar refractivity (Wildman–Crippen MR) is 136 cm³/mol. The van der Waals surface area contributed by atoms with Crippen LogP contribution in [0.15, 0.2) is 54.6 Å². The molecule has 2 heterocycles. The molecule has 1 aliphatic heterocycles. The first-order chi connectivity index (χ1) is 17.8. The second-order valence-electron chi connectivity index (χ2n) is 8.98. The number of benzene rings is 2. The van der Waals surface area contributed by atoms with Crippen molar-refractivity contribution in [1.82, 2.24) is 25.3 Å². The maximum absolute atomic E-state index is 13.1. The number of aromatic nitrogens is 2. The van der Waals surface area contributed by atoms with Gasteiger partial charge in [0.25, 0.3) is 11.8 Å². The first kappa shape index (κ1) is 25.7. The molecule has 0 aliphatic carbocycles. The number of nitrogens with zero attached hydrogens (tertiary/aromatic N) is 3. The predicted octanol–water partition coefficient (Wildman–Crippen LogP) is 2.38. The lowest BCUT2D eigenvalue weighted by atomic mass is 9.96. The highest BCUT2D eigenvalue weighted by molar-refractivity contribution is 6.01. The molecule has 37 heavy (non-hydrogen) atoms. The van der Waals surface area contributed by atoms with Gasteiger partial charge in [0.05, 0.1) is 20.3 Å². The number of carbonyl (C=O) groups excluding carboxylic acids is 3. The van der Waals surface area contributed by atoms with Crippen molar-refractivity contribution in [2.45, 2.75) is 39.0 Å². The van der Waals surface area contributed by atoms with E-state index in [0.717, 1.165) is 11.1 Å². The van der Waals surface area contributed by atoms with Crippen LogP contribution in [0.2, 0.25) is 0 Å². The molecule has 10 nitrogen and oxygen atoms in total. The molecule has 0 bridgehead atoms. The normalized spacial score (nSPS) is 16.6. The van der Waals surface area contributed by atoms with Crippen LogP contribution < -0.4 is 20.1 Å². The fourth-order valence-electron chi connectivity index (χ4n) is 4.18. The average Bonchev–Trinajstić information content (AvgIpc) is 3.34. The van der Waals surface area contributed by atoms with Crippen LogP contribution in [0.3, 0.4) is 0 Å². The van der Waals surface area contributed by atoms with Crippen LogP contribution in [0.5, 0.6) is 11.5 Å². The molecular formula is C27H31N5O5. The van der Waals surface area contributed by atoms with Crippen molar-refractivity contribution in [3.63, 3.8) is 0 Å². The molecule has 0 saturated carbocycles. The van der Waals surface area contributed by atoms with E-state index in [2.05, 4.69) is 15.7 Å². The third kappa shape index (κ3) is 5.28. The Morgan fingerprint density at radius 1 is 1.03 bits per heavy atom. The fourth-order valence-corrected chi connectivity index (χ4v) is 4.18. The van der Waals surface area contributed by atoms with E-state index in [1.807, 2.05) is 43.3 Å². The first-order valence-corrected chi connectivity index (χ1v) is 12.0. The number of ether oxygens (including phenoxy) is 2. The number of likely N-dealkylation sites (N-methyl/N-ethyl adjacent to an activating group) is 1. The highest BCUT2D eigenvalue weighted by Crippen LogP contribution is 2.28. The summed E-state index contributed by atoms with van der Waals surface area (Å²) >= 11 is 0. The monoisotopic (exact) mass is 505 g/mol. The van der Waals surface area contributed by atoms with E-state index in [9.17, 15) is 14.4 Å². The standard InChI is InChI=1S/C27H31N5O5/c1-5-37-23-13-19(11-12-22(23)36-4)16-28-24(33)20-14-21-25(34)31(3)27(2,17-32(21)30-20)26(35)29-15-18-9-7-6-8-10-18/h6-14H,5,15-17H2,1-4H3,(H,28,33)(H,29,35)/t27-/m1/s1. The molecular weight excluding hydrogens is 474 g/mol. The molecule has 3 aromatic rings. The summed E-state index contributed by atoms with van der Waals surface area (Å²) in [5.41, 5.74) is 0.957. The Labute approximate surface area is 215 Å². The van der Waals surface area contributed by atoms with Gasteiger partial charge in [-0.2, -0.15) is 5.10 Å². The van der Waals surface area contributed by atoms with Crippen LogP contribution in [-0.4, -0.2) is 58.7 Å². The number of amides is 3. The Morgan fingerprint density at radius 3 is 2.46 bits per heavy atom. The van der Waals surface area contributed by atoms with Gasteiger partial charge in [0.15, 0.2) is 17.2 Å². The zero-order chi connectivity index (χ0) is 26.6. The number of hydrogen-bond donors (Lipinski definition) is 2. The minimum absolute atomic E-state index is 0.101. The Balaban J connectivity index is 1.45. The number of fused-ring (bicyclic) bond motifs is 1. The smallest absolute Gasteiger partial charge is 0.272 e. The summed E-state index contributed by atoms with van der Waals surface area (Å²) in [5.74, 6) is 0.0850. The second-order valence-corrected chi connectivity index (χ2v) is 8.98. The molecule has 1 aromatic heterocycles. The number of nitrogens with one attached hydrogen (secondary N) is 2. The molecule has 0 unspecified atom stereocenters. The summed E-state index contributed by atoms with van der Waals surface area (Å²) < 4.78 is 12.3. The van der Waals surface area contributed by atoms with Crippen molar-refractivity contribution in [3.05, 3.63) is 77.1 Å². The topological polar surface area (TPSA) is 115 Å². The molecule has 10 heteroatoms. The summed E-state index contributed by atoms with van der Waals surface area (Å²) in [6, 6.07) is 16.4. The highest BCUT2D eigenvalue weighted by atomic mass is 16.5. The summed E-state index contributed by atoms with van der Waals surface area (Å²) in [6.07, 6.45) is 0. The number of rotatable bonds is 9. The summed E-state index contributed by atoms with van der Waals surface area (Å²) in [4.78, 5) is 40.5. The van der Waals surface area contributed by atoms with Crippen molar-refractivity contribution >= 4 is 17.7 Å². The molecule has 194 valence electrons. The van der Waals surface area contributed by atoms with Crippen LogP contribution in [0.4, 0.5) is 0 Å². The first-order valence-electron chi connectivity index (χ1n) is 12.0. The Kier molecular flexibility index (Phi) is 7.47. The van der Waals surface area contributed by atoms with E-state index >= 15 is 0 Å². The van der Waals surface area contributed by atoms with E-state index in [4.69, 9.17) is 9.47 Å². The van der Waals surface area contributed by atoms with E-state index in [1.54, 1.807) is 33.2 Å². The van der Waals surface area contributed by atoms with Gasteiger partial charge in [0.1, 0.15) is 11.2 Å². The molecule has 0 fully saturated rings. The van der Waals surface area contributed by atoms with Crippen molar-refractivity contribution in [1.29, 1.82) is 0 Å². The Morgan fingerprint density at radius 2 is 1.76 bits per heavy atom. The zero-order valence-electron chi connectivity index (χ0n) is 21.4. The van der Waals surface area contributed by atoms with Gasteiger partial charge >= 0.3 is 0 Å². The van der Waals surface area contributed by atoms with Gasteiger partial charge in [-0.3, -0.25) is 19.1 Å². The molecule has 4 rings (SSSR count). The van der Waals surface area contributed by atoms with E-state index < -0.39 is 11.4 Å². The quantitative estimate of drug-likeness (QED) is 0.462. The van der Waals surface area contributed by atoms with Crippen molar-refractivity contribution < 1.29 is 23.9 Å².